The first-order chi connectivity index (χ1) is 13.3. The summed E-state index contributed by atoms with van der Waals surface area (Å²) in [6, 6.07) is 10.5. The molecule has 0 spiro atoms. The van der Waals surface area contributed by atoms with Gasteiger partial charge in [-0.05, 0) is 42.5 Å². The van der Waals surface area contributed by atoms with Gasteiger partial charge in [0.25, 0.3) is 0 Å². The van der Waals surface area contributed by atoms with E-state index in [0.717, 1.165) is 6.07 Å². The molecule has 9 heteroatoms. The van der Waals surface area contributed by atoms with Crippen molar-refractivity contribution in [2.75, 3.05) is 39.3 Å². The number of ether oxygens (including phenoxy) is 1. The fourth-order valence-electron chi connectivity index (χ4n) is 3.00. The van der Waals surface area contributed by atoms with Gasteiger partial charge in [0.15, 0.2) is 0 Å². The molecule has 0 aliphatic carbocycles. The van der Waals surface area contributed by atoms with Crippen LogP contribution in [-0.2, 0) is 10.0 Å². The fraction of sp³-hybridized carbons (Fsp3) is 0.368. The number of sulfonamides is 1. The first-order valence-corrected chi connectivity index (χ1v) is 10.3. The second-order valence-electron chi connectivity index (χ2n) is 6.58. The summed E-state index contributed by atoms with van der Waals surface area (Å²) in [5, 5.41) is 10.1. The molecule has 1 aliphatic rings. The van der Waals surface area contributed by atoms with Gasteiger partial charge in [0.1, 0.15) is 30.1 Å². The van der Waals surface area contributed by atoms with Crippen LogP contribution in [0.3, 0.4) is 0 Å². The Bertz CT molecular complexity index is 885. The van der Waals surface area contributed by atoms with E-state index in [9.17, 15) is 22.3 Å². The lowest BCUT2D eigenvalue weighted by Gasteiger charge is -2.34. The molecule has 1 atom stereocenters. The molecule has 2 aromatic carbocycles. The van der Waals surface area contributed by atoms with Crippen LogP contribution in [0.25, 0.3) is 0 Å². The summed E-state index contributed by atoms with van der Waals surface area (Å²) in [4.78, 5) is 1.88. The van der Waals surface area contributed by atoms with E-state index >= 15 is 0 Å². The summed E-state index contributed by atoms with van der Waals surface area (Å²) >= 11 is 0. The Labute approximate surface area is 163 Å². The van der Waals surface area contributed by atoms with Crippen molar-refractivity contribution in [3.05, 3.63) is 60.2 Å². The SMILES string of the molecule is O=S(=O)(c1cccc(F)c1)N1CCN(CC(O)COc2ccc(F)cc2)CC1. The molecule has 2 aromatic rings. The molecule has 1 fully saturated rings. The van der Waals surface area contributed by atoms with E-state index in [-0.39, 0.29) is 30.4 Å². The van der Waals surface area contributed by atoms with E-state index in [4.69, 9.17) is 4.74 Å². The van der Waals surface area contributed by atoms with Gasteiger partial charge in [-0.25, -0.2) is 17.2 Å². The summed E-state index contributed by atoms with van der Waals surface area (Å²) in [6.45, 7) is 1.78. The van der Waals surface area contributed by atoms with Crippen molar-refractivity contribution >= 4 is 10.0 Å². The molecule has 0 aromatic heterocycles. The van der Waals surface area contributed by atoms with Crippen LogP contribution in [0, 0.1) is 11.6 Å². The Morgan fingerprint density at radius 2 is 1.68 bits per heavy atom. The average Bonchev–Trinajstić information content (AvgIpc) is 2.68. The first kappa shape index (κ1) is 20.7. The number of aliphatic hydroxyl groups excluding tert-OH is 1. The van der Waals surface area contributed by atoms with Crippen molar-refractivity contribution in [1.82, 2.24) is 9.21 Å². The Morgan fingerprint density at radius 3 is 2.32 bits per heavy atom. The summed E-state index contributed by atoms with van der Waals surface area (Å²) in [5.41, 5.74) is 0. The molecule has 1 aliphatic heterocycles. The minimum absolute atomic E-state index is 0.0490. The highest BCUT2D eigenvalue weighted by atomic mass is 32.2. The third-order valence-electron chi connectivity index (χ3n) is 4.49. The number of piperazine rings is 1. The van der Waals surface area contributed by atoms with Crippen LogP contribution in [0.2, 0.25) is 0 Å². The van der Waals surface area contributed by atoms with E-state index < -0.39 is 21.9 Å². The zero-order valence-corrected chi connectivity index (χ0v) is 16.0. The van der Waals surface area contributed by atoms with Crippen molar-refractivity contribution in [2.45, 2.75) is 11.0 Å². The third-order valence-corrected chi connectivity index (χ3v) is 6.38. The predicted molar refractivity (Wildman–Crippen MR) is 99.5 cm³/mol. The highest BCUT2D eigenvalue weighted by Gasteiger charge is 2.29. The van der Waals surface area contributed by atoms with Gasteiger partial charge in [-0.3, -0.25) is 4.90 Å². The van der Waals surface area contributed by atoms with Crippen molar-refractivity contribution in [2.24, 2.45) is 0 Å². The monoisotopic (exact) mass is 412 g/mol. The molecule has 1 N–H and O–H groups in total. The highest BCUT2D eigenvalue weighted by molar-refractivity contribution is 7.89. The van der Waals surface area contributed by atoms with Gasteiger partial charge < -0.3 is 9.84 Å². The normalized spacial score (nSPS) is 17.4. The number of hydrogen-bond acceptors (Lipinski definition) is 5. The molecule has 1 saturated heterocycles. The van der Waals surface area contributed by atoms with Gasteiger partial charge in [-0.1, -0.05) is 6.07 Å². The van der Waals surface area contributed by atoms with Gasteiger partial charge in [0, 0.05) is 32.7 Å². The third kappa shape index (κ3) is 5.26. The summed E-state index contributed by atoms with van der Waals surface area (Å²) in [6.07, 6.45) is -0.767. The van der Waals surface area contributed by atoms with Crippen molar-refractivity contribution in [3.8, 4) is 5.75 Å². The van der Waals surface area contributed by atoms with Crippen LogP contribution in [0.1, 0.15) is 0 Å². The second-order valence-corrected chi connectivity index (χ2v) is 8.52. The van der Waals surface area contributed by atoms with E-state index in [2.05, 4.69) is 0 Å². The van der Waals surface area contributed by atoms with Gasteiger partial charge in [-0.15, -0.1) is 0 Å². The van der Waals surface area contributed by atoms with E-state index in [0.29, 0.717) is 25.4 Å². The number of benzene rings is 2. The summed E-state index contributed by atoms with van der Waals surface area (Å²) in [5.74, 6) is -0.491. The lowest BCUT2D eigenvalue weighted by molar-refractivity contribution is 0.0569. The second kappa shape index (κ2) is 8.95. The van der Waals surface area contributed by atoms with Crippen LogP contribution < -0.4 is 4.74 Å². The number of rotatable bonds is 7. The molecule has 0 radical (unpaired) electrons. The minimum atomic E-state index is -3.74. The van der Waals surface area contributed by atoms with Crippen molar-refractivity contribution in [1.29, 1.82) is 0 Å². The topological polar surface area (TPSA) is 70.1 Å². The Morgan fingerprint density at radius 1 is 1.00 bits per heavy atom. The number of β-amino-alcohol motifs (C(OH)–C–C–N with tert-alkyl or cyclic N) is 1. The zero-order chi connectivity index (χ0) is 20.1. The molecule has 1 unspecified atom stereocenters. The standard InChI is InChI=1S/C19H22F2N2O4S/c20-15-4-6-18(7-5-15)27-14-17(24)13-22-8-10-23(11-9-22)28(25,26)19-3-1-2-16(21)12-19/h1-7,12,17,24H,8-11,13-14H2. The molecule has 0 amide bonds. The van der Waals surface area contributed by atoms with Gasteiger partial charge in [-0.2, -0.15) is 4.31 Å². The van der Waals surface area contributed by atoms with Crippen LogP contribution in [0.4, 0.5) is 8.78 Å². The minimum Gasteiger partial charge on any atom is -0.491 e. The van der Waals surface area contributed by atoms with Crippen molar-refractivity contribution in [3.63, 3.8) is 0 Å². The fourth-order valence-corrected chi connectivity index (χ4v) is 4.46. The van der Waals surface area contributed by atoms with Crippen LogP contribution in [0.5, 0.6) is 5.75 Å². The molecular formula is C19H22F2N2O4S. The zero-order valence-electron chi connectivity index (χ0n) is 15.2. The van der Waals surface area contributed by atoms with E-state index in [1.54, 1.807) is 0 Å². The van der Waals surface area contributed by atoms with Gasteiger partial charge in [0.2, 0.25) is 10.0 Å². The molecule has 0 saturated carbocycles. The van der Waals surface area contributed by atoms with E-state index in [1.165, 1.54) is 46.8 Å². The Balaban J connectivity index is 1.47. The van der Waals surface area contributed by atoms with Crippen LogP contribution >= 0.6 is 0 Å². The molecular weight excluding hydrogens is 390 g/mol. The number of halogens is 2. The smallest absolute Gasteiger partial charge is 0.243 e. The van der Waals surface area contributed by atoms with E-state index in [1.807, 2.05) is 4.90 Å². The Kier molecular flexibility index (Phi) is 6.61. The summed E-state index contributed by atoms with van der Waals surface area (Å²) in [7, 11) is -3.74. The largest absolute Gasteiger partial charge is 0.491 e. The first-order valence-electron chi connectivity index (χ1n) is 8.89. The number of nitrogens with zero attached hydrogens (tertiary/aromatic N) is 2. The maximum Gasteiger partial charge on any atom is 0.243 e. The summed E-state index contributed by atoms with van der Waals surface area (Å²) < 4.78 is 58.1. The molecule has 1 heterocycles. The predicted octanol–water partition coefficient (Wildman–Crippen LogP) is 1.71. The molecule has 28 heavy (non-hydrogen) atoms. The van der Waals surface area contributed by atoms with Gasteiger partial charge in [0.05, 0.1) is 4.90 Å². The molecule has 0 bridgehead atoms. The Hall–Kier alpha value is -2.07. The van der Waals surface area contributed by atoms with Gasteiger partial charge >= 0.3 is 0 Å². The average molecular weight is 412 g/mol. The molecule has 152 valence electrons. The van der Waals surface area contributed by atoms with Crippen LogP contribution in [0.15, 0.2) is 53.4 Å². The maximum absolute atomic E-state index is 13.3. The van der Waals surface area contributed by atoms with Crippen molar-refractivity contribution < 1.29 is 27.0 Å². The maximum atomic E-state index is 13.3. The number of hydrogen-bond donors (Lipinski definition) is 1. The highest BCUT2D eigenvalue weighted by Crippen LogP contribution is 2.18. The quantitative estimate of drug-likeness (QED) is 0.750. The number of aliphatic hydroxyl groups is 1. The molecule has 6 nitrogen and oxygen atoms in total. The molecule has 3 rings (SSSR count). The van der Waals surface area contributed by atoms with Crippen LogP contribution in [-0.4, -0.2) is 68.2 Å². The lowest BCUT2D eigenvalue weighted by atomic mass is 10.3. The lowest BCUT2D eigenvalue weighted by Crippen LogP contribution is -2.50.